The molecular weight excluding hydrogens is 382 g/mol. The van der Waals surface area contributed by atoms with Gasteiger partial charge in [-0.1, -0.05) is 0 Å². The second-order valence-corrected chi connectivity index (χ2v) is 5.99. The highest BCUT2D eigenvalue weighted by atomic mass is 127. The smallest absolute Gasteiger partial charge is 0.0568 e. The van der Waals surface area contributed by atoms with E-state index >= 15 is 0 Å². The van der Waals surface area contributed by atoms with Crippen molar-refractivity contribution in [3.05, 3.63) is 31.1 Å². The standard InChI is InChI=1S/C9H5BrClIS/c10-7-1-2-8-6(9(7)12)3-5(4-11)13-8/h1-3H,4H2. The van der Waals surface area contributed by atoms with Gasteiger partial charge in [-0.25, -0.2) is 0 Å². The molecule has 0 bridgehead atoms. The zero-order valence-electron chi connectivity index (χ0n) is 6.48. The Morgan fingerprint density at radius 3 is 2.92 bits per heavy atom. The Balaban J connectivity index is 2.76. The van der Waals surface area contributed by atoms with Crippen LogP contribution in [0.1, 0.15) is 4.88 Å². The summed E-state index contributed by atoms with van der Waals surface area (Å²) in [6, 6.07) is 6.38. The van der Waals surface area contributed by atoms with E-state index in [1.165, 1.54) is 18.5 Å². The van der Waals surface area contributed by atoms with Crippen LogP contribution in [0.3, 0.4) is 0 Å². The van der Waals surface area contributed by atoms with E-state index in [0.717, 1.165) is 4.47 Å². The number of hydrogen-bond acceptors (Lipinski definition) is 1. The van der Waals surface area contributed by atoms with Crippen LogP contribution in [0.25, 0.3) is 10.1 Å². The first-order chi connectivity index (χ1) is 6.22. The van der Waals surface area contributed by atoms with Crippen LogP contribution in [0.5, 0.6) is 0 Å². The summed E-state index contributed by atoms with van der Waals surface area (Å²) in [4.78, 5) is 1.23. The molecule has 0 aliphatic rings. The lowest BCUT2D eigenvalue weighted by Crippen LogP contribution is -1.73. The van der Waals surface area contributed by atoms with Gasteiger partial charge < -0.3 is 0 Å². The number of fused-ring (bicyclic) bond motifs is 1. The van der Waals surface area contributed by atoms with E-state index in [0.29, 0.717) is 5.88 Å². The van der Waals surface area contributed by atoms with Crippen molar-refractivity contribution in [2.24, 2.45) is 0 Å². The quantitative estimate of drug-likeness (QED) is 0.477. The molecule has 1 aromatic carbocycles. The van der Waals surface area contributed by atoms with Crippen LogP contribution in [0, 0.1) is 3.57 Å². The Kier molecular flexibility index (Phi) is 3.18. The third-order valence-electron chi connectivity index (χ3n) is 1.77. The number of hydrogen-bond donors (Lipinski definition) is 0. The lowest BCUT2D eigenvalue weighted by Gasteiger charge is -1.95. The maximum atomic E-state index is 5.79. The van der Waals surface area contributed by atoms with Crippen molar-refractivity contribution < 1.29 is 0 Å². The summed E-state index contributed by atoms with van der Waals surface area (Å²) in [5.41, 5.74) is 0. The van der Waals surface area contributed by atoms with Crippen LogP contribution in [0.15, 0.2) is 22.7 Å². The van der Waals surface area contributed by atoms with E-state index < -0.39 is 0 Å². The highest BCUT2D eigenvalue weighted by Gasteiger charge is 2.06. The van der Waals surface area contributed by atoms with E-state index in [2.05, 4.69) is 56.7 Å². The van der Waals surface area contributed by atoms with Crippen molar-refractivity contribution in [1.29, 1.82) is 0 Å². The van der Waals surface area contributed by atoms with Gasteiger partial charge in [-0.05, 0) is 56.7 Å². The van der Waals surface area contributed by atoms with Crippen LogP contribution < -0.4 is 0 Å². The molecule has 0 nitrogen and oxygen atoms in total. The Morgan fingerprint density at radius 2 is 2.23 bits per heavy atom. The Morgan fingerprint density at radius 1 is 1.46 bits per heavy atom. The average Bonchev–Trinajstić information content (AvgIpc) is 2.55. The number of halogens is 3. The number of thiophene rings is 1. The Bertz CT molecular complexity index is 452. The van der Waals surface area contributed by atoms with Gasteiger partial charge in [0, 0.05) is 23.0 Å². The molecule has 0 amide bonds. The van der Waals surface area contributed by atoms with Gasteiger partial charge in [-0.3, -0.25) is 0 Å². The molecule has 0 radical (unpaired) electrons. The molecule has 0 spiro atoms. The third kappa shape index (κ3) is 1.89. The van der Waals surface area contributed by atoms with Gasteiger partial charge in [0.2, 0.25) is 0 Å². The van der Waals surface area contributed by atoms with Crippen molar-refractivity contribution in [1.82, 2.24) is 0 Å². The summed E-state index contributed by atoms with van der Waals surface area (Å²) in [6.07, 6.45) is 0. The predicted molar refractivity (Wildman–Crippen MR) is 71.8 cm³/mol. The minimum Gasteiger partial charge on any atom is -0.139 e. The lowest BCUT2D eigenvalue weighted by atomic mass is 10.2. The minimum atomic E-state index is 0.604. The molecule has 0 atom stereocenters. The van der Waals surface area contributed by atoms with Crippen LogP contribution in [-0.2, 0) is 5.88 Å². The SMILES string of the molecule is ClCc1cc2c(I)c(Br)ccc2s1. The van der Waals surface area contributed by atoms with Gasteiger partial charge in [0.1, 0.15) is 0 Å². The fourth-order valence-electron chi connectivity index (χ4n) is 1.17. The Hall–Kier alpha value is 0.680. The fraction of sp³-hybridized carbons (Fsp3) is 0.111. The van der Waals surface area contributed by atoms with Crippen molar-refractivity contribution in [2.75, 3.05) is 0 Å². The molecule has 2 aromatic rings. The summed E-state index contributed by atoms with van der Waals surface area (Å²) in [6.45, 7) is 0. The van der Waals surface area contributed by atoms with Crippen LogP contribution in [0.2, 0.25) is 0 Å². The van der Waals surface area contributed by atoms with Gasteiger partial charge in [-0.15, -0.1) is 22.9 Å². The molecule has 1 aromatic heterocycles. The van der Waals surface area contributed by atoms with Crippen LogP contribution in [-0.4, -0.2) is 0 Å². The molecule has 0 unspecified atom stereocenters. The number of benzene rings is 1. The zero-order chi connectivity index (χ0) is 9.42. The summed E-state index contributed by atoms with van der Waals surface area (Å²) in [7, 11) is 0. The molecular formula is C9H5BrClIS. The van der Waals surface area contributed by atoms with Gasteiger partial charge in [0.25, 0.3) is 0 Å². The topological polar surface area (TPSA) is 0 Å². The number of rotatable bonds is 1. The molecule has 0 saturated heterocycles. The molecule has 0 aliphatic carbocycles. The zero-order valence-corrected chi connectivity index (χ0v) is 11.8. The van der Waals surface area contributed by atoms with Crippen molar-refractivity contribution in [3.8, 4) is 0 Å². The van der Waals surface area contributed by atoms with E-state index in [1.807, 2.05) is 0 Å². The first-order valence-electron chi connectivity index (χ1n) is 3.65. The van der Waals surface area contributed by atoms with Crippen LogP contribution >= 0.6 is 61.5 Å². The first-order valence-corrected chi connectivity index (χ1v) is 6.87. The highest BCUT2D eigenvalue weighted by Crippen LogP contribution is 2.33. The normalized spacial score (nSPS) is 11.0. The molecule has 4 heteroatoms. The molecule has 2 rings (SSSR count). The van der Waals surface area contributed by atoms with Crippen molar-refractivity contribution >= 4 is 71.5 Å². The fourth-order valence-corrected chi connectivity index (χ4v) is 3.49. The van der Waals surface area contributed by atoms with E-state index in [4.69, 9.17) is 11.6 Å². The summed E-state index contributed by atoms with van der Waals surface area (Å²) < 4.78 is 3.73. The Labute approximate surface area is 108 Å². The summed E-state index contributed by atoms with van der Waals surface area (Å²) >= 11 is 13.4. The molecule has 0 fully saturated rings. The minimum absolute atomic E-state index is 0.604. The molecule has 0 aliphatic heterocycles. The van der Waals surface area contributed by atoms with Gasteiger partial charge in [0.05, 0.1) is 5.88 Å². The maximum Gasteiger partial charge on any atom is 0.0568 e. The molecule has 0 N–H and O–H groups in total. The monoisotopic (exact) mass is 386 g/mol. The third-order valence-corrected chi connectivity index (χ3v) is 5.88. The highest BCUT2D eigenvalue weighted by molar-refractivity contribution is 14.1. The molecule has 68 valence electrons. The summed E-state index contributed by atoms with van der Waals surface area (Å²) in [5, 5.41) is 1.30. The second-order valence-electron chi connectivity index (χ2n) is 2.62. The van der Waals surface area contributed by atoms with E-state index in [-0.39, 0.29) is 0 Å². The maximum absolute atomic E-state index is 5.79. The van der Waals surface area contributed by atoms with E-state index in [1.54, 1.807) is 11.3 Å². The number of alkyl halides is 1. The van der Waals surface area contributed by atoms with Gasteiger partial charge in [-0.2, -0.15) is 0 Å². The molecule has 0 saturated carbocycles. The predicted octanol–water partition coefficient (Wildman–Crippen LogP) is 5.01. The second kappa shape index (κ2) is 4.04. The lowest BCUT2D eigenvalue weighted by molar-refractivity contribution is 1.54. The van der Waals surface area contributed by atoms with Crippen LogP contribution in [0.4, 0.5) is 0 Å². The first kappa shape index (κ1) is 10.2. The summed E-state index contributed by atoms with van der Waals surface area (Å²) in [5.74, 6) is 0.604. The van der Waals surface area contributed by atoms with Gasteiger partial charge >= 0.3 is 0 Å². The average molecular weight is 387 g/mol. The van der Waals surface area contributed by atoms with Gasteiger partial charge in [0.15, 0.2) is 0 Å². The van der Waals surface area contributed by atoms with Crippen molar-refractivity contribution in [3.63, 3.8) is 0 Å². The van der Waals surface area contributed by atoms with E-state index in [9.17, 15) is 0 Å². The van der Waals surface area contributed by atoms with Crippen molar-refractivity contribution in [2.45, 2.75) is 5.88 Å². The molecule has 13 heavy (non-hydrogen) atoms. The molecule has 1 heterocycles. The largest absolute Gasteiger partial charge is 0.139 e.